The summed E-state index contributed by atoms with van der Waals surface area (Å²) in [7, 11) is 0. The summed E-state index contributed by atoms with van der Waals surface area (Å²) >= 11 is 5.90. The van der Waals surface area contributed by atoms with Gasteiger partial charge in [-0.25, -0.2) is 4.39 Å². The molecule has 82 valence electrons. The summed E-state index contributed by atoms with van der Waals surface area (Å²) < 4.78 is 12.8. The lowest BCUT2D eigenvalue weighted by Crippen LogP contribution is -2.44. The molecule has 0 aromatic heterocycles. The van der Waals surface area contributed by atoms with Gasteiger partial charge in [-0.1, -0.05) is 24.6 Å². The minimum Gasteiger partial charge on any atom is -0.390 e. The molecule has 0 unspecified atom stereocenters. The van der Waals surface area contributed by atoms with Gasteiger partial charge in [0.05, 0.1) is 5.60 Å². The van der Waals surface area contributed by atoms with Crippen molar-refractivity contribution >= 4 is 11.6 Å². The number of hydrogen-bond acceptors (Lipinski definition) is 1. The van der Waals surface area contributed by atoms with E-state index in [0.717, 1.165) is 18.4 Å². The van der Waals surface area contributed by atoms with Crippen molar-refractivity contribution in [2.75, 3.05) is 0 Å². The lowest BCUT2D eigenvalue weighted by atomic mass is 9.69. The Balaban J connectivity index is 2.11. The second-order valence-corrected chi connectivity index (χ2v) is 5.06. The van der Waals surface area contributed by atoms with Gasteiger partial charge in [0.2, 0.25) is 0 Å². The van der Waals surface area contributed by atoms with E-state index in [0.29, 0.717) is 17.4 Å². The predicted octanol–water partition coefficient (Wildman–Crippen LogP) is 3.18. The predicted molar refractivity (Wildman–Crippen MR) is 58.5 cm³/mol. The first-order chi connectivity index (χ1) is 6.98. The van der Waals surface area contributed by atoms with E-state index in [1.807, 2.05) is 0 Å². The van der Waals surface area contributed by atoms with Crippen LogP contribution in [0.2, 0.25) is 5.02 Å². The van der Waals surface area contributed by atoms with Crippen LogP contribution in [0.4, 0.5) is 4.39 Å². The van der Waals surface area contributed by atoms with Gasteiger partial charge in [-0.05, 0) is 36.5 Å². The monoisotopic (exact) mass is 228 g/mol. The van der Waals surface area contributed by atoms with Gasteiger partial charge < -0.3 is 5.11 Å². The molecule has 0 atom stereocenters. The lowest BCUT2D eigenvalue weighted by Gasteiger charge is -2.42. The first-order valence-electron chi connectivity index (χ1n) is 5.15. The lowest BCUT2D eigenvalue weighted by molar-refractivity contribution is -0.0665. The summed E-state index contributed by atoms with van der Waals surface area (Å²) in [6.45, 7) is 2.11. The van der Waals surface area contributed by atoms with Crippen LogP contribution in [0.3, 0.4) is 0 Å². The topological polar surface area (TPSA) is 20.2 Å². The molecule has 0 saturated heterocycles. The fraction of sp³-hybridized carbons (Fsp3) is 0.500. The highest BCUT2D eigenvalue weighted by atomic mass is 35.5. The largest absolute Gasteiger partial charge is 0.390 e. The van der Waals surface area contributed by atoms with E-state index in [4.69, 9.17) is 11.6 Å². The molecule has 0 aliphatic heterocycles. The van der Waals surface area contributed by atoms with Crippen LogP contribution in [0.25, 0.3) is 0 Å². The first-order valence-corrected chi connectivity index (χ1v) is 5.53. The van der Waals surface area contributed by atoms with Gasteiger partial charge in [0.25, 0.3) is 0 Å². The molecule has 1 fully saturated rings. The van der Waals surface area contributed by atoms with Gasteiger partial charge in [0.15, 0.2) is 0 Å². The van der Waals surface area contributed by atoms with Crippen LogP contribution in [0, 0.1) is 11.7 Å². The fourth-order valence-electron chi connectivity index (χ4n) is 2.40. The quantitative estimate of drug-likeness (QED) is 0.824. The van der Waals surface area contributed by atoms with Crippen LogP contribution < -0.4 is 0 Å². The van der Waals surface area contributed by atoms with E-state index in [1.165, 1.54) is 12.1 Å². The van der Waals surface area contributed by atoms with Gasteiger partial charge >= 0.3 is 0 Å². The maximum atomic E-state index is 12.8. The summed E-state index contributed by atoms with van der Waals surface area (Å²) in [6, 6.07) is 4.33. The van der Waals surface area contributed by atoms with Crippen LogP contribution in [-0.2, 0) is 6.42 Å². The van der Waals surface area contributed by atoms with Crippen molar-refractivity contribution in [3.05, 3.63) is 34.6 Å². The van der Waals surface area contributed by atoms with E-state index in [2.05, 4.69) is 6.92 Å². The van der Waals surface area contributed by atoms with Crippen molar-refractivity contribution in [3.8, 4) is 0 Å². The molecule has 1 aliphatic carbocycles. The van der Waals surface area contributed by atoms with E-state index in [-0.39, 0.29) is 5.82 Å². The van der Waals surface area contributed by atoms with Crippen LogP contribution in [-0.4, -0.2) is 10.7 Å². The summed E-state index contributed by atoms with van der Waals surface area (Å²) in [6.07, 6.45) is 2.14. The molecule has 1 aromatic carbocycles. The van der Waals surface area contributed by atoms with Gasteiger partial charge in [0, 0.05) is 11.4 Å². The fourth-order valence-corrected chi connectivity index (χ4v) is 2.64. The zero-order valence-corrected chi connectivity index (χ0v) is 9.39. The Kier molecular flexibility index (Phi) is 2.73. The van der Waals surface area contributed by atoms with Crippen molar-refractivity contribution in [1.29, 1.82) is 0 Å². The third-order valence-corrected chi connectivity index (χ3v) is 3.34. The average Bonchev–Trinajstić information content (AvgIpc) is 2.08. The molecule has 0 amide bonds. The van der Waals surface area contributed by atoms with Gasteiger partial charge in [-0.15, -0.1) is 0 Å². The Labute approximate surface area is 93.9 Å². The van der Waals surface area contributed by atoms with Crippen LogP contribution >= 0.6 is 11.6 Å². The van der Waals surface area contributed by atoms with Crippen molar-refractivity contribution in [2.45, 2.75) is 31.8 Å². The highest BCUT2D eigenvalue weighted by Gasteiger charge is 2.40. The maximum absolute atomic E-state index is 12.8. The van der Waals surface area contributed by atoms with Gasteiger partial charge in [0.1, 0.15) is 5.82 Å². The molecule has 1 aliphatic rings. The SMILES string of the molecule is CC1CC(O)(Cc2ccc(F)cc2Cl)C1. The summed E-state index contributed by atoms with van der Waals surface area (Å²) in [4.78, 5) is 0. The molecule has 1 N–H and O–H groups in total. The van der Waals surface area contributed by atoms with Crippen molar-refractivity contribution < 1.29 is 9.50 Å². The molecule has 0 spiro atoms. The molecular weight excluding hydrogens is 215 g/mol. The number of halogens is 2. The highest BCUT2D eigenvalue weighted by Crippen LogP contribution is 2.40. The Morgan fingerprint density at radius 2 is 2.20 bits per heavy atom. The summed E-state index contributed by atoms with van der Waals surface area (Å²) in [5, 5.41) is 10.5. The molecule has 3 heteroatoms. The molecule has 0 radical (unpaired) electrons. The first kappa shape index (κ1) is 10.9. The van der Waals surface area contributed by atoms with Crippen molar-refractivity contribution in [2.24, 2.45) is 5.92 Å². The van der Waals surface area contributed by atoms with E-state index in [1.54, 1.807) is 6.07 Å². The molecule has 2 rings (SSSR count). The molecule has 1 saturated carbocycles. The van der Waals surface area contributed by atoms with Crippen molar-refractivity contribution in [3.63, 3.8) is 0 Å². The standard InChI is InChI=1S/C12H14ClFO/c1-8-5-12(15,6-8)7-9-2-3-10(14)4-11(9)13/h2-4,8,15H,5-7H2,1H3. The molecule has 0 heterocycles. The number of benzene rings is 1. The van der Waals surface area contributed by atoms with E-state index >= 15 is 0 Å². The summed E-state index contributed by atoms with van der Waals surface area (Å²) in [5.74, 6) is 0.243. The number of hydrogen-bond donors (Lipinski definition) is 1. The normalized spacial score (nSPS) is 30.0. The average molecular weight is 229 g/mol. The Morgan fingerprint density at radius 1 is 1.53 bits per heavy atom. The van der Waals surface area contributed by atoms with Crippen LogP contribution in [0.5, 0.6) is 0 Å². The molecule has 0 bridgehead atoms. The number of aliphatic hydroxyl groups is 1. The molecule has 1 nitrogen and oxygen atoms in total. The Bertz CT molecular complexity index is 372. The zero-order valence-electron chi connectivity index (χ0n) is 8.63. The van der Waals surface area contributed by atoms with E-state index < -0.39 is 5.60 Å². The minimum absolute atomic E-state index is 0.335. The smallest absolute Gasteiger partial charge is 0.124 e. The maximum Gasteiger partial charge on any atom is 0.124 e. The zero-order chi connectivity index (χ0) is 11.1. The number of rotatable bonds is 2. The highest BCUT2D eigenvalue weighted by molar-refractivity contribution is 6.31. The van der Waals surface area contributed by atoms with Crippen LogP contribution in [0.1, 0.15) is 25.3 Å². The van der Waals surface area contributed by atoms with E-state index in [9.17, 15) is 9.50 Å². The van der Waals surface area contributed by atoms with Crippen molar-refractivity contribution in [1.82, 2.24) is 0 Å². The second kappa shape index (κ2) is 3.76. The third kappa shape index (κ3) is 2.32. The molecule has 15 heavy (non-hydrogen) atoms. The van der Waals surface area contributed by atoms with Gasteiger partial charge in [-0.2, -0.15) is 0 Å². The molecular formula is C12H14ClFO. The molecule has 1 aromatic rings. The Hall–Kier alpha value is -0.600. The minimum atomic E-state index is -0.624. The summed E-state index contributed by atoms with van der Waals surface area (Å²) in [5.41, 5.74) is 0.202. The van der Waals surface area contributed by atoms with Gasteiger partial charge in [-0.3, -0.25) is 0 Å². The third-order valence-electron chi connectivity index (χ3n) is 2.99. The second-order valence-electron chi connectivity index (χ2n) is 4.65. The van der Waals surface area contributed by atoms with Crippen LogP contribution in [0.15, 0.2) is 18.2 Å². The Morgan fingerprint density at radius 3 is 2.73 bits per heavy atom.